The molecule has 3 nitrogen and oxygen atoms in total. The molecule has 1 N–H and O–H groups in total. The number of hydrogen-bond acceptors (Lipinski definition) is 3. The Hall–Kier alpha value is -0.590. The second kappa shape index (κ2) is 3.44. The maximum absolute atomic E-state index is 8.27. The van der Waals surface area contributed by atoms with Crippen LogP contribution in [0.4, 0.5) is 0 Å². The molecule has 0 radical (unpaired) electrons. The molecule has 1 fully saturated rings. The standard InChI is InChI=1S/C6H10N2O/c7-2-1-6-5-9-4-3-8-6/h6,8H,1,3-5H2/t6-/m1/s1. The van der Waals surface area contributed by atoms with Crippen molar-refractivity contribution in [3.05, 3.63) is 0 Å². The minimum absolute atomic E-state index is 0.267. The lowest BCUT2D eigenvalue weighted by atomic mass is 10.2. The first kappa shape index (κ1) is 6.53. The highest BCUT2D eigenvalue weighted by molar-refractivity contribution is 4.81. The molecule has 0 aliphatic carbocycles. The van der Waals surface area contributed by atoms with Crippen LogP contribution in [-0.4, -0.2) is 25.8 Å². The molecule has 0 spiro atoms. The third-order valence-corrected chi connectivity index (χ3v) is 1.34. The van der Waals surface area contributed by atoms with Crippen LogP contribution in [0.25, 0.3) is 0 Å². The summed E-state index contributed by atoms with van der Waals surface area (Å²) in [6.45, 7) is 2.35. The minimum Gasteiger partial charge on any atom is -0.378 e. The molecule has 3 heteroatoms. The van der Waals surface area contributed by atoms with Crippen LogP contribution in [0.15, 0.2) is 0 Å². The van der Waals surface area contributed by atoms with Gasteiger partial charge in [0.1, 0.15) is 0 Å². The Morgan fingerprint density at radius 1 is 1.78 bits per heavy atom. The molecule has 0 bridgehead atoms. The average Bonchev–Trinajstić information content (AvgIpc) is 1.91. The van der Waals surface area contributed by atoms with E-state index in [9.17, 15) is 0 Å². The Balaban J connectivity index is 2.17. The second-order valence-corrected chi connectivity index (χ2v) is 2.09. The lowest BCUT2D eigenvalue weighted by Gasteiger charge is -2.20. The largest absolute Gasteiger partial charge is 0.378 e. The van der Waals surface area contributed by atoms with Gasteiger partial charge in [0.05, 0.1) is 25.7 Å². The van der Waals surface area contributed by atoms with Crippen LogP contribution >= 0.6 is 0 Å². The van der Waals surface area contributed by atoms with Crippen molar-refractivity contribution in [1.29, 1.82) is 5.26 Å². The van der Waals surface area contributed by atoms with Crippen LogP contribution in [0, 0.1) is 11.3 Å². The summed E-state index contributed by atoms with van der Waals surface area (Å²) in [6, 6.07) is 2.36. The highest BCUT2D eigenvalue weighted by Gasteiger charge is 2.10. The Labute approximate surface area is 54.6 Å². The van der Waals surface area contributed by atoms with Gasteiger partial charge in [-0.15, -0.1) is 0 Å². The molecule has 9 heavy (non-hydrogen) atoms. The van der Waals surface area contributed by atoms with Gasteiger partial charge in [0, 0.05) is 12.6 Å². The summed E-state index contributed by atoms with van der Waals surface area (Å²) in [4.78, 5) is 0. The minimum atomic E-state index is 0.267. The zero-order chi connectivity index (χ0) is 6.53. The van der Waals surface area contributed by atoms with E-state index in [1.165, 1.54) is 0 Å². The van der Waals surface area contributed by atoms with E-state index in [1.807, 2.05) is 0 Å². The molecule has 50 valence electrons. The fourth-order valence-corrected chi connectivity index (χ4v) is 0.861. The summed E-state index contributed by atoms with van der Waals surface area (Å²) >= 11 is 0. The maximum atomic E-state index is 8.27. The zero-order valence-electron chi connectivity index (χ0n) is 5.26. The summed E-state index contributed by atoms with van der Waals surface area (Å²) in [5.41, 5.74) is 0. The van der Waals surface area contributed by atoms with E-state index < -0.39 is 0 Å². The summed E-state index contributed by atoms with van der Waals surface area (Å²) in [7, 11) is 0. The van der Waals surface area contributed by atoms with Gasteiger partial charge in [-0.25, -0.2) is 0 Å². The fourth-order valence-electron chi connectivity index (χ4n) is 0.861. The number of nitriles is 1. The van der Waals surface area contributed by atoms with E-state index in [1.54, 1.807) is 0 Å². The molecule has 0 amide bonds. The van der Waals surface area contributed by atoms with Crippen molar-refractivity contribution in [3.8, 4) is 6.07 Å². The molecule has 0 aromatic heterocycles. The number of hydrogen-bond donors (Lipinski definition) is 1. The molecule has 0 aromatic rings. The molecular formula is C6H10N2O. The van der Waals surface area contributed by atoms with Crippen molar-refractivity contribution in [2.75, 3.05) is 19.8 Å². The number of rotatable bonds is 1. The first-order chi connectivity index (χ1) is 4.43. The Morgan fingerprint density at radius 3 is 3.22 bits per heavy atom. The first-order valence-electron chi connectivity index (χ1n) is 3.11. The van der Waals surface area contributed by atoms with Crippen LogP contribution in [0.5, 0.6) is 0 Å². The molecule has 1 aliphatic heterocycles. The van der Waals surface area contributed by atoms with Crippen LogP contribution in [0.2, 0.25) is 0 Å². The van der Waals surface area contributed by atoms with Crippen LogP contribution in [-0.2, 0) is 4.74 Å². The van der Waals surface area contributed by atoms with Crippen LogP contribution in [0.3, 0.4) is 0 Å². The third-order valence-electron chi connectivity index (χ3n) is 1.34. The highest BCUT2D eigenvalue weighted by atomic mass is 16.5. The van der Waals surface area contributed by atoms with E-state index >= 15 is 0 Å². The Morgan fingerprint density at radius 2 is 2.67 bits per heavy atom. The molecule has 0 aromatic carbocycles. The number of ether oxygens (including phenoxy) is 1. The summed E-state index contributed by atoms with van der Waals surface area (Å²) in [6.07, 6.45) is 0.556. The van der Waals surface area contributed by atoms with E-state index in [-0.39, 0.29) is 6.04 Å². The molecule has 1 heterocycles. The third kappa shape index (κ3) is 2.00. The molecular weight excluding hydrogens is 116 g/mol. The fraction of sp³-hybridized carbons (Fsp3) is 0.833. The zero-order valence-corrected chi connectivity index (χ0v) is 5.26. The van der Waals surface area contributed by atoms with Crippen LogP contribution in [0.1, 0.15) is 6.42 Å². The number of nitrogens with one attached hydrogen (secondary N) is 1. The van der Waals surface area contributed by atoms with Gasteiger partial charge in [-0.3, -0.25) is 0 Å². The lowest BCUT2D eigenvalue weighted by Crippen LogP contribution is -2.40. The Kier molecular flexibility index (Phi) is 2.49. The number of morpholine rings is 1. The van der Waals surface area contributed by atoms with E-state index in [4.69, 9.17) is 10.00 Å². The lowest BCUT2D eigenvalue weighted by molar-refractivity contribution is 0.0783. The summed E-state index contributed by atoms with van der Waals surface area (Å²) in [5, 5.41) is 11.4. The molecule has 1 rings (SSSR count). The van der Waals surface area contributed by atoms with Crippen LogP contribution < -0.4 is 5.32 Å². The highest BCUT2D eigenvalue weighted by Crippen LogP contribution is 1.95. The predicted molar refractivity (Wildman–Crippen MR) is 32.8 cm³/mol. The monoisotopic (exact) mass is 126 g/mol. The van der Waals surface area contributed by atoms with Gasteiger partial charge in [0.25, 0.3) is 0 Å². The number of nitrogens with zero attached hydrogens (tertiary/aromatic N) is 1. The average molecular weight is 126 g/mol. The van der Waals surface area contributed by atoms with E-state index in [0.29, 0.717) is 13.0 Å². The van der Waals surface area contributed by atoms with Gasteiger partial charge in [-0.2, -0.15) is 5.26 Å². The van der Waals surface area contributed by atoms with Gasteiger partial charge in [-0.05, 0) is 0 Å². The second-order valence-electron chi connectivity index (χ2n) is 2.09. The molecule has 1 aliphatic rings. The topological polar surface area (TPSA) is 45.0 Å². The van der Waals surface area contributed by atoms with Crippen molar-refractivity contribution < 1.29 is 4.74 Å². The van der Waals surface area contributed by atoms with Gasteiger partial charge in [0.2, 0.25) is 0 Å². The van der Waals surface area contributed by atoms with Gasteiger partial charge in [-0.1, -0.05) is 0 Å². The summed E-state index contributed by atoms with van der Waals surface area (Å²) in [5.74, 6) is 0. The van der Waals surface area contributed by atoms with Crippen molar-refractivity contribution >= 4 is 0 Å². The maximum Gasteiger partial charge on any atom is 0.0639 e. The van der Waals surface area contributed by atoms with E-state index in [2.05, 4.69) is 11.4 Å². The SMILES string of the molecule is N#CC[C@@H]1COCCN1. The molecule has 0 unspecified atom stereocenters. The van der Waals surface area contributed by atoms with Crippen molar-refractivity contribution in [2.45, 2.75) is 12.5 Å². The van der Waals surface area contributed by atoms with Crippen molar-refractivity contribution in [3.63, 3.8) is 0 Å². The van der Waals surface area contributed by atoms with Crippen molar-refractivity contribution in [1.82, 2.24) is 5.32 Å². The molecule has 1 atom stereocenters. The molecule has 1 saturated heterocycles. The van der Waals surface area contributed by atoms with Gasteiger partial charge >= 0.3 is 0 Å². The first-order valence-corrected chi connectivity index (χ1v) is 3.11. The van der Waals surface area contributed by atoms with Gasteiger partial charge < -0.3 is 10.1 Å². The normalized spacial score (nSPS) is 27.2. The summed E-state index contributed by atoms with van der Waals surface area (Å²) < 4.78 is 5.12. The van der Waals surface area contributed by atoms with E-state index in [0.717, 1.165) is 13.2 Å². The Bertz CT molecular complexity index is 113. The predicted octanol–water partition coefficient (Wildman–Crippen LogP) is -0.112. The molecule has 0 saturated carbocycles. The smallest absolute Gasteiger partial charge is 0.0639 e. The quantitative estimate of drug-likeness (QED) is 0.533. The van der Waals surface area contributed by atoms with Crippen molar-refractivity contribution in [2.24, 2.45) is 0 Å². The van der Waals surface area contributed by atoms with Gasteiger partial charge in [0.15, 0.2) is 0 Å².